The lowest BCUT2D eigenvalue weighted by atomic mass is 10.1. The first kappa shape index (κ1) is 27.7. The number of nitrogens with zero attached hydrogens (tertiary/aromatic N) is 1. The highest BCUT2D eigenvalue weighted by molar-refractivity contribution is 5.73. The lowest BCUT2D eigenvalue weighted by molar-refractivity contribution is -0.146. The van der Waals surface area contributed by atoms with Gasteiger partial charge in [-0.05, 0) is 42.3 Å². The zero-order valence-electron chi connectivity index (χ0n) is 21.4. The first-order chi connectivity index (χ1) is 17.9. The summed E-state index contributed by atoms with van der Waals surface area (Å²) in [7, 11) is 2.17. The van der Waals surface area contributed by atoms with Gasteiger partial charge >= 0.3 is 5.97 Å². The van der Waals surface area contributed by atoms with Gasteiger partial charge in [0.1, 0.15) is 11.9 Å². The maximum absolute atomic E-state index is 10.2. The lowest BCUT2D eigenvalue weighted by Crippen LogP contribution is -2.22. The van der Waals surface area contributed by atoms with Crippen molar-refractivity contribution in [2.45, 2.75) is 32.1 Å². The number of benzene rings is 4. The second kappa shape index (κ2) is 14.6. The predicted octanol–water partition coefficient (Wildman–Crippen LogP) is 6.44. The Kier molecular flexibility index (Phi) is 10.9. The smallest absolute Gasteiger partial charge is 0.337 e. The molecule has 4 rings (SSSR count). The number of hydrogen-bond acceptors (Lipinski definition) is 4. The molecule has 0 unspecified atom stereocenters. The van der Waals surface area contributed by atoms with Gasteiger partial charge in [-0.3, -0.25) is 0 Å². The van der Waals surface area contributed by atoms with Gasteiger partial charge in [-0.1, -0.05) is 109 Å². The fraction of sp³-hybridized carbons (Fsp3) is 0.219. The van der Waals surface area contributed by atoms with E-state index in [1.54, 1.807) is 30.3 Å². The largest absolute Gasteiger partial charge is 0.485 e. The van der Waals surface area contributed by atoms with Gasteiger partial charge < -0.3 is 19.8 Å². The standard InChI is InChI=1S/C24H27NO.C8H8O3/c1-20-11-9-10-16-23(20)26-24(22-14-7-4-8-15-22)17-18-25(2)19-21-12-5-3-6-13-21;9-7(8(10)11)6-4-2-1-3-5-6/h3-16,24H,17-19H2,1-2H3;1-5,7,9H,(H,10,11)/t24-;7-/m10/s1. The van der Waals surface area contributed by atoms with Crippen molar-refractivity contribution in [1.82, 2.24) is 4.90 Å². The van der Waals surface area contributed by atoms with E-state index in [0.29, 0.717) is 5.56 Å². The van der Waals surface area contributed by atoms with Crippen molar-refractivity contribution in [3.63, 3.8) is 0 Å². The highest BCUT2D eigenvalue weighted by atomic mass is 16.5. The molecule has 0 aliphatic rings. The van der Waals surface area contributed by atoms with Gasteiger partial charge in [-0.15, -0.1) is 0 Å². The molecule has 0 saturated heterocycles. The summed E-state index contributed by atoms with van der Waals surface area (Å²) in [4.78, 5) is 12.6. The van der Waals surface area contributed by atoms with E-state index in [1.807, 2.05) is 12.1 Å². The summed E-state index contributed by atoms with van der Waals surface area (Å²) in [5.74, 6) is -0.261. The Balaban J connectivity index is 0.000000289. The number of aliphatic hydroxyl groups excluding tert-OH is 1. The second-order valence-electron chi connectivity index (χ2n) is 8.95. The van der Waals surface area contributed by atoms with Crippen molar-refractivity contribution < 1.29 is 19.7 Å². The molecule has 4 aromatic carbocycles. The van der Waals surface area contributed by atoms with Crippen LogP contribution >= 0.6 is 0 Å². The molecule has 0 radical (unpaired) electrons. The van der Waals surface area contributed by atoms with Gasteiger partial charge in [0.25, 0.3) is 0 Å². The van der Waals surface area contributed by atoms with Crippen molar-refractivity contribution in [2.24, 2.45) is 0 Å². The van der Waals surface area contributed by atoms with Gasteiger partial charge in [-0.2, -0.15) is 0 Å². The fourth-order valence-corrected chi connectivity index (χ4v) is 3.89. The van der Waals surface area contributed by atoms with Crippen LogP contribution in [-0.2, 0) is 11.3 Å². The van der Waals surface area contributed by atoms with Crippen molar-refractivity contribution in [3.05, 3.63) is 138 Å². The lowest BCUT2D eigenvalue weighted by Gasteiger charge is -2.24. The molecule has 0 spiro atoms. The Morgan fingerprint density at radius 3 is 1.86 bits per heavy atom. The third-order valence-corrected chi connectivity index (χ3v) is 5.95. The minimum Gasteiger partial charge on any atom is -0.485 e. The number of aliphatic carboxylic acids is 1. The highest BCUT2D eigenvalue weighted by Crippen LogP contribution is 2.27. The number of rotatable bonds is 10. The minimum atomic E-state index is -1.41. The summed E-state index contributed by atoms with van der Waals surface area (Å²) >= 11 is 0. The molecule has 2 N–H and O–H groups in total. The van der Waals surface area contributed by atoms with Crippen molar-refractivity contribution >= 4 is 5.97 Å². The van der Waals surface area contributed by atoms with Gasteiger partial charge in [-0.25, -0.2) is 4.79 Å². The van der Waals surface area contributed by atoms with Crippen LogP contribution in [0.4, 0.5) is 0 Å². The fourth-order valence-electron chi connectivity index (χ4n) is 3.89. The van der Waals surface area contributed by atoms with Crippen LogP contribution < -0.4 is 4.74 Å². The Morgan fingerprint density at radius 2 is 1.30 bits per heavy atom. The van der Waals surface area contributed by atoms with Crippen molar-refractivity contribution in [3.8, 4) is 5.75 Å². The Labute approximate surface area is 219 Å². The first-order valence-electron chi connectivity index (χ1n) is 12.4. The third kappa shape index (κ3) is 9.22. The molecule has 0 saturated carbocycles. The molecule has 5 nitrogen and oxygen atoms in total. The summed E-state index contributed by atoms with van der Waals surface area (Å²) in [5.41, 5.74) is 4.14. The Bertz CT molecular complexity index is 1200. The number of carbonyl (C=O) groups is 1. The average molecular weight is 498 g/mol. The number of ether oxygens (including phenoxy) is 1. The molecule has 0 aromatic heterocycles. The average Bonchev–Trinajstić information content (AvgIpc) is 2.93. The SMILES string of the molecule is Cc1ccccc1O[C@H](CCN(C)Cc1ccccc1)c1ccccc1.O=C(O)[C@@H](O)c1ccccc1. The van der Waals surface area contributed by atoms with Crippen LogP contribution in [0.1, 0.15) is 40.9 Å². The molecular weight excluding hydrogens is 462 g/mol. The molecule has 0 heterocycles. The number of carboxylic acids is 1. The van der Waals surface area contributed by atoms with E-state index >= 15 is 0 Å². The van der Waals surface area contributed by atoms with Gasteiger partial charge in [0.15, 0.2) is 6.10 Å². The van der Waals surface area contributed by atoms with Crippen LogP contribution in [0.5, 0.6) is 5.75 Å². The molecule has 0 aliphatic carbocycles. The first-order valence-corrected chi connectivity index (χ1v) is 12.4. The van der Waals surface area contributed by atoms with Gasteiger partial charge in [0, 0.05) is 19.5 Å². The number of aryl methyl sites for hydroxylation is 1. The van der Waals surface area contributed by atoms with E-state index in [2.05, 4.69) is 91.7 Å². The topological polar surface area (TPSA) is 70.0 Å². The van der Waals surface area contributed by atoms with Crippen LogP contribution in [0, 0.1) is 6.92 Å². The van der Waals surface area contributed by atoms with E-state index in [9.17, 15) is 4.79 Å². The highest BCUT2D eigenvalue weighted by Gasteiger charge is 2.16. The molecule has 192 valence electrons. The third-order valence-electron chi connectivity index (χ3n) is 5.95. The van der Waals surface area contributed by atoms with Crippen LogP contribution in [-0.4, -0.2) is 34.7 Å². The summed E-state index contributed by atoms with van der Waals surface area (Å²) in [5, 5.41) is 17.4. The molecule has 0 fully saturated rings. The molecule has 5 heteroatoms. The Hall–Kier alpha value is -3.93. The molecule has 0 aliphatic heterocycles. The zero-order valence-corrected chi connectivity index (χ0v) is 21.4. The predicted molar refractivity (Wildman–Crippen MR) is 147 cm³/mol. The van der Waals surface area contributed by atoms with E-state index < -0.39 is 12.1 Å². The molecule has 0 bridgehead atoms. The maximum atomic E-state index is 10.2. The maximum Gasteiger partial charge on any atom is 0.337 e. The zero-order chi connectivity index (χ0) is 26.5. The number of carboxylic acid groups (broad SMARTS) is 1. The van der Waals surface area contributed by atoms with Crippen LogP contribution in [0.15, 0.2) is 115 Å². The van der Waals surface area contributed by atoms with Gasteiger partial charge in [0.05, 0.1) is 0 Å². The quantitative estimate of drug-likeness (QED) is 0.264. The van der Waals surface area contributed by atoms with E-state index in [4.69, 9.17) is 14.9 Å². The van der Waals surface area contributed by atoms with Gasteiger partial charge in [0.2, 0.25) is 0 Å². The number of para-hydroxylation sites is 1. The van der Waals surface area contributed by atoms with E-state index in [0.717, 1.165) is 25.3 Å². The van der Waals surface area contributed by atoms with E-state index in [1.165, 1.54) is 16.7 Å². The van der Waals surface area contributed by atoms with Crippen molar-refractivity contribution in [1.29, 1.82) is 0 Å². The monoisotopic (exact) mass is 497 g/mol. The van der Waals surface area contributed by atoms with E-state index in [-0.39, 0.29) is 6.10 Å². The number of hydrogen-bond donors (Lipinski definition) is 2. The summed E-state index contributed by atoms with van der Waals surface area (Å²) in [6, 6.07) is 37.6. The Morgan fingerprint density at radius 1 is 0.784 bits per heavy atom. The summed E-state index contributed by atoms with van der Waals surface area (Å²) in [6.45, 7) is 4.02. The van der Waals surface area contributed by atoms with Crippen LogP contribution in [0.2, 0.25) is 0 Å². The molecule has 37 heavy (non-hydrogen) atoms. The van der Waals surface area contributed by atoms with Crippen LogP contribution in [0.3, 0.4) is 0 Å². The van der Waals surface area contributed by atoms with Crippen molar-refractivity contribution in [2.75, 3.05) is 13.6 Å². The normalized spacial score (nSPS) is 12.2. The molecule has 4 aromatic rings. The molecule has 0 amide bonds. The minimum absolute atomic E-state index is 0.0514. The summed E-state index contributed by atoms with van der Waals surface area (Å²) < 4.78 is 6.41. The second-order valence-corrected chi connectivity index (χ2v) is 8.95. The summed E-state index contributed by atoms with van der Waals surface area (Å²) in [6.07, 6.45) is -0.409. The number of aliphatic hydroxyl groups is 1. The molecular formula is C32H35NO4. The molecule has 2 atom stereocenters. The van der Waals surface area contributed by atoms with Crippen LogP contribution in [0.25, 0.3) is 0 Å².